The van der Waals surface area contributed by atoms with E-state index in [1.54, 1.807) is 6.07 Å². The number of rotatable bonds is 12. The molecule has 2 aromatic carbocycles. The van der Waals surface area contributed by atoms with Crippen LogP contribution in [0.4, 0.5) is 4.39 Å². The monoisotopic (exact) mass is 620 g/mol. The summed E-state index contributed by atoms with van der Waals surface area (Å²) in [6.45, 7) is 9.57. The molecule has 3 nitrogen and oxygen atoms in total. The van der Waals surface area contributed by atoms with Crippen molar-refractivity contribution in [2.45, 2.75) is 79.2 Å². The molecule has 36 heavy (non-hydrogen) atoms. The minimum absolute atomic E-state index is 0.215. The summed E-state index contributed by atoms with van der Waals surface area (Å²) < 4.78 is 28.0. The van der Waals surface area contributed by atoms with Gasteiger partial charge in [0.1, 0.15) is 0 Å². The van der Waals surface area contributed by atoms with Crippen LogP contribution in [0.25, 0.3) is 16.6 Å². The molecule has 1 aromatic heterocycles. The molecule has 2 heterocycles. The van der Waals surface area contributed by atoms with Crippen molar-refractivity contribution in [1.82, 2.24) is 9.47 Å². The van der Waals surface area contributed by atoms with E-state index in [0.717, 1.165) is 35.4 Å². The van der Waals surface area contributed by atoms with Gasteiger partial charge in [0.2, 0.25) is 0 Å². The van der Waals surface area contributed by atoms with Crippen molar-refractivity contribution in [1.29, 1.82) is 0 Å². The van der Waals surface area contributed by atoms with E-state index in [2.05, 4.69) is 36.3 Å². The summed E-state index contributed by atoms with van der Waals surface area (Å²) in [5.74, 6) is 0.621. The molecule has 1 aliphatic heterocycles. The van der Waals surface area contributed by atoms with Gasteiger partial charge >= 0.3 is 227 Å². The van der Waals surface area contributed by atoms with Crippen LogP contribution in [0.1, 0.15) is 64.9 Å². The molecule has 0 atom stereocenters. The Bertz CT molecular complexity index is 1130. The predicted octanol–water partition coefficient (Wildman–Crippen LogP) is 9.01. The first-order chi connectivity index (χ1) is 17.5. The fraction of sp³-hybridized carbons (Fsp3) is 0.533. The van der Waals surface area contributed by atoms with Gasteiger partial charge in [-0.05, 0) is 0 Å². The molecule has 6 heteroatoms. The third kappa shape index (κ3) is 6.60. The van der Waals surface area contributed by atoms with E-state index < -0.39 is 18.4 Å². The van der Waals surface area contributed by atoms with Crippen LogP contribution in [-0.2, 0) is 6.54 Å². The number of aromatic nitrogens is 1. The quantitative estimate of drug-likeness (QED) is 0.188. The second-order valence-electron chi connectivity index (χ2n) is 10.7. The number of nitrogens with zero attached hydrogens (tertiary/aromatic N) is 2. The van der Waals surface area contributed by atoms with Gasteiger partial charge < -0.3 is 0 Å². The third-order valence-corrected chi connectivity index (χ3v) is 23.4. The van der Waals surface area contributed by atoms with E-state index in [1.165, 1.54) is 68.0 Å². The third-order valence-electron chi connectivity index (χ3n) is 7.82. The van der Waals surface area contributed by atoms with Gasteiger partial charge in [-0.15, -0.1) is 0 Å². The topological polar surface area (TPSA) is 17.4 Å². The molecule has 0 bridgehead atoms. The Balaban J connectivity index is 1.64. The number of fused-ring (bicyclic) bond motifs is 2. The standard InChI is InChI=1S/C18H15ClFN2O.3C4H9.Sn/c1-21-6-7-23-18-13(11-21)9-15(10-16(18)19)22-5-4-12-8-14(20)2-3-17(12)22;3*1-3-4-2;/h2-5,8-10H,1,6-7,11H2;3*1,3-4H2,2H3;. The minimum atomic E-state index is -2.33. The summed E-state index contributed by atoms with van der Waals surface area (Å²) in [4.78, 5) is 2.70. The van der Waals surface area contributed by atoms with Gasteiger partial charge in [0.25, 0.3) is 0 Å². The number of hydrogen-bond acceptors (Lipinski definition) is 2. The molecule has 4 rings (SSSR count). The van der Waals surface area contributed by atoms with Gasteiger partial charge in [0.15, 0.2) is 0 Å². The summed E-state index contributed by atoms with van der Waals surface area (Å²) in [7, 11) is 0. The molecule has 0 spiro atoms. The summed E-state index contributed by atoms with van der Waals surface area (Å²) in [5.41, 5.74) is 3.15. The van der Waals surface area contributed by atoms with Gasteiger partial charge in [0.05, 0.1) is 0 Å². The second kappa shape index (κ2) is 13.0. The molecule has 0 aliphatic carbocycles. The summed E-state index contributed by atoms with van der Waals surface area (Å²) in [5, 5.41) is 1.55. The fourth-order valence-electron chi connectivity index (χ4n) is 5.86. The molecule has 0 unspecified atom stereocenters. The summed E-state index contributed by atoms with van der Waals surface area (Å²) in [6, 6.07) is 11.1. The Kier molecular flexibility index (Phi) is 10.0. The van der Waals surface area contributed by atoms with Crippen LogP contribution in [0.15, 0.2) is 42.6 Å². The second-order valence-corrected chi connectivity index (χ2v) is 24.8. The molecule has 0 amide bonds. The molecule has 0 saturated heterocycles. The van der Waals surface area contributed by atoms with Crippen molar-refractivity contribution < 1.29 is 9.13 Å². The number of benzene rings is 2. The van der Waals surface area contributed by atoms with Gasteiger partial charge in [-0.3, -0.25) is 0 Å². The first-order valence-corrected chi connectivity index (χ1v) is 22.4. The van der Waals surface area contributed by atoms with E-state index in [1.807, 2.05) is 24.4 Å². The molecule has 0 saturated carbocycles. The zero-order valence-corrected chi connectivity index (χ0v) is 25.9. The molecule has 196 valence electrons. The summed E-state index contributed by atoms with van der Waals surface area (Å²) in [6.07, 6.45) is 10.1. The Labute approximate surface area is 225 Å². The van der Waals surface area contributed by atoms with Gasteiger partial charge in [0, 0.05) is 0 Å². The SMILES string of the molecule is CCC[CH2][Sn]([CH2]CCC)([CH2]CCC)[CH2]N1CCOc2c(Cl)cc(-n3ccc4cc(F)ccc43)cc2C1. The maximum atomic E-state index is 13.7. The molecule has 0 radical (unpaired) electrons. The van der Waals surface area contributed by atoms with Crippen molar-refractivity contribution in [2.75, 3.05) is 17.7 Å². The summed E-state index contributed by atoms with van der Waals surface area (Å²) >= 11 is 4.47. The zero-order chi connectivity index (χ0) is 25.5. The molecule has 0 N–H and O–H groups in total. The van der Waals surface area contributed by atoms with E-state index >= 15 is 0 Å². The van der Waals surface area contributed by atoms with Crippen LogP contribution in [-0.4, -0.2) is 45.6 Å². The first-order valence-electron chi connectivity index (χ1n) is 13.9. The predicted molar refractivity (Wildman–Crippen MR) is 154 cm³/mol. The van der Waals surface area contributed by atoms with Crippen molar-refractivity contribution in [3.8, 4) is 11.4 Å². The van der Waals surface area contributed by atoms with Gasteiger partial charge in [-0.1, -0.05) is 0 Å². The van der Waals surface area contributed by atoms with E-state index in [0.29, 0.717) is 11.6 Å². The molecule has 0 fully saturated rings. The number of ether oxygens (including phenoxy) is 1. The average molecular weight is 620 g/mol. The van der Waals surface area contributed by atoms with Gasteiger partial charge in [-0.2, -0.15) is 0 Å². The zero-order valence-electron chi connectivity index (χ0n) is 22.3. The normalized spacial score (nSPS) is 14.6. The van der Waals surface area contributed by atoms with Crippen LogP contribution in [0.3, 0.4) is 0 Å². The van der Waals surface area contributed by atoms with E-state index in [-0.39, 0.29) is 5.82 Å². The van der Waals surface area contributed by atoms with Crippen LogP contribution in [0.2, 0.25) is 18.3 Å². The van der Waals surface area contributed by atoms with Crippen LogP contribution in [0.5, 0.6) is 5.75 Å². The van der Waals surface area contributed by atoms with Crippen molar-refractivity contribution >= 4 is 40.9 Å². The Morgan fingerprint density at radius 2 is 1.64 bits per heavy atom. The maximum absolute atomic E-state index is 13.7. The number of halogens is 2. The number of hydrogen-bond donors (Lipinski definition) is 0. The van der Waals surface area contributed by atoms with Crippen molar-refractivity contribution in [3.05, 3.63) is 59.0 Å². The van der Waals surface area contributed by atoms with Crippen molar-refractivity contribution in [2.24, 2.45) is 0 Å². The van der Waals surface area contributed by atoms with Gasteiger partial charge in [-0.25, -0.2) is 0 Å². The molecule has 1 aliphatic rings. The van der Waals surface area contributed by atoms with Crippen LogP contribution in [0, 0.1) is 5.82 Å². The molecule has 3 aromatic rings. The molecular formula is C30H42ClFN2OSn. The van der Waals surface area contributed by atoms with Crippen LogP contribution < -0.4 is 4.74 Å². The number of unbranched alkanes of at least 4 members (excludes halogenated alkanes) is 3. The van der Waals surface area contributed by atoms with Crippen LogP contribution >= 0.6 is 11.6 Å². The molecular weight excluding hydrogens is 578 g/mol. The Morgan fingerprint density at radius 3 is 2.31 bits per heavy atom. The Hall–Kier alpha value is -1.24. The van der Waals surface area contributed by atoms with E-state index in [4.69, 9.17) is 16.3 Å². The van der Waals surface area contributed by atoms with Crippen molar-refractivity contribution in [3.63, 3.8) is 0 Å². The Morgan fingerprint density at radius 1 is 0.944 bits per heavy atom. The van der Waals surface area contributed by atoms with E-state index in [9.17, 15) is 4.39 Å². The average Bonchev–Trinajstić information content (AvgIpc) is 3.17. The fourth-order valence-corrected chi connectivity index (χ4v) is 22.6. The first kappa shape index (κ1) is 27.8.